The van der Waals surface area contributed by atoms with Crippen molar-refractivity contribution in [1.82, 2.24) is 4.90 Å². The van der Waals surface area contributed by atoms with E-state index in [1.165, 1.54) is 6.07 Å². The molecule has 0 amide bonds. The number of alkyl halides is 2. The van der Waals surface area contributed by atoms with Gasteiger partial charge in [-0.2, -0.15) is 0 Å². The van der Waals surface area contributed by atoms with E-state index in [0.29, 0.717) is 0 Å². The van der Waals surface area contributed by atoms with E-state index in [2.05, 4.69) is 4.90 Å². The first kappa shape index (κ1) is 13.4. The summed E-state index contributed by atoms with van der Waals surface area (Å²) in [6.07, 6.45) is 0.761. The van der Waals surface area contributed by atoms with Gasteiger partial charge in [0.15, 0.2) is 0 Å². The highest BCUT2D eigenvalue weighted by Gasteiger charge is 2.26. The average molecular weight is 254 g/mol. The summed E-state index contributed by atoms with van der Waals surface area (Å²) >= 11 is 0. The van der Waals surface area contributed by atoms with E-state index in [4.69, 9.17) is 5.73 Å². The highest BCUT2D eigenvalue weighted by atomic mass is 19.3. The monoisotopic (exact) mass is 254 g/mol. The van der Waals surface area contributed by atoms with Gasteiger partial charge in [0.05, 0.1) is 0 Å². The van der Waals surface area contributed by atoms with Crippen molar-refractivity contribution in [3.63, 3.8) is 0 Å². The fourth-order valence-corrected chi connectivity index (χ4v) is 2.75. The quantitative estimate of drug-likeness (QED) is 0.878. The zero-order valence-electron chi connectivity index (χ0n) is 10.7. The van der Waals surface area contributed by atoms with E-state index in [0.717, 1.165) is 31.4 Å². The number of rotatable bonds is 2. The first-order valence-electron chi connectivity index (χ1n) is 6.43. The van der Waals surface area contributed by atoms with Gasteiger partial charge in [-0.05, 0) is 38.1 Å². The molecule has 1 aliphatic rings. The third kappa shape index (κ3) is 2.87. The van der Waals surface area contributed by atoms with Gasteiger partial charge in [-0.3, -0.25) is 4.90 Å². The van der Waals surface area contributed by atoms with Crippen molar-refractivity contribution in [3.8, 4) is 0 Å². The fraction of sp³-hybridized carbons (Fsp3) is 0.571. The highest BCUT2D eigenvalue weighted by Crippen LogP contribution is 2.30. The van der Waals surface area contributed by atoms with E-state index in [9.17, 15) is 8.78 Å². The number of hydrogen-bond acceptors (Lipinski definition) is 2. The normalized spacial score (nSPS) is 26.3. The van der Waals surface area contributed by atoms with Gasteiger partial charge in [0.2, 0.25) is 0 Å². The van der Waals surface area contributed by atoms with Gasteiger partial charge in [0.25, 0.3) is 6.43 Å². The van der Waals surface area contributed by atoms with Crippen LogP contribution < -0.4 is 5.73 Å². The van der Waals surface area contributed by atoms with Crippen LogP contribution in [0.15, 0.2) is 24.3 Å². The zero-order valence-corrected chi connectivity index (χ0v) is 10.7. The van der Waals surface area contributed by atoms with E-state index in [1.807, 2.05) is 13.1 Å². The summed E-state index contributed by atoms with van der Waals surface area (Å²) in [4.78, 5) is 2.18. The second kappa shape index (κ2) is 5.76. The maximum atomic E-state index is 12.7. The fourth-order valence-electron chi connectivity index (χ4n) is 2.75. The Morgan fingerprint density at radius 3 is 2.83 bits per heavy atom. The van der Waals surface area contributed by atoms with Gasteiger partial charge in [-0.25, -0.2) is 8.78 Å². The van der Waals surface area contributed by atoms with Gasteiger partial charge in [-0.1, -0.05) is 24.6 Å². The summed E-state index contributed by atoms with van der Waals surface area (Å²) in [5, 5.41) is 0. The lowest BCUT2D eigenvalue weighted by atomic mass is 9.95. The Balaban J connectivity index is 2.29. The van der Waals surface area contributed by atoms with Crippen LogP contribution in [-0.4, -0.2) is 24.5 Å². The van der Waals surface area contributed by atoms with Crippen molar-refractivity contribution < 1.29 is 8.78 Å². The molecule has 2 unspecified atom stereocenters. The smallest absolute Gasteiger partial charge is 0.263 e. The Morgan fingerprint density at radius 1 is 1.33 bits per heavy atom. The second-order valence-electron chi connectivity index (χ2n) is 5.06. The maximum absolute atomic E-state index is 12.7. The third-order valence-corrected chi connectivity index (χ3v) is 3.68. The summed E-state index contributed by atoms with van der Waals surface area (Å²) < 4.78 is 25.5. The van der Waals surface area contributed by atoms with E-state index < -0.39 is 6.43 Å². The lowest BCUT2D eigenvalue weighted by Gasteiger charge is -2.30. The van der Waals surface area contributed by atoms with Crippen LogP contribution in [-0.2, 0) is 0 Å². The lowest BCUT2D eigenvalue weighted by molar-refractivity contribution is 0.151. The maximum Gasteiger partial charge on any atom is 0.263 e. The number of hydrogen-bond donors (Lipinski definition) is 1. The molecule has 18 heavy (non-hydrogen) atoms. The summed E-state index contributed by atoms with van der Waals surface area (Å²) in [6, 6.07) is 6.73. The molecule has 0 bridgehead atoms. The minimum Gasteiger partial charge on any atom is -0.326 e. The number of halogens is 2. The first-order chi connectivity index (χ1) is 8.59. The molecule has 0 radical (unpaired) electrons. The summed E-state index contributed by atoms with van der Waals surface area (Å²) in [5.41, 5.74) is 7.19. The van der Waals surface area contributed by atoms with E-state index >= 15 is 0 Å². The molecule has 2 N–H and O–H groups in total. The molecule has 0 spiro atoms. The van der Waals surface area contributed by atoms with Crippen molar-refractivity contribution in [2.75, 3.05) is 13.6 Å². The molecule has 1 aromatic rings. The molecular weight excluding hydrogens is 234 g/mol. The van der Waals surface area contributed by atoms with E-state index in [-0.39, 0.29) is 17.6 Å². The zero-order chi connectivity index (χ0) is 13.1. The SMILES string of the molecule is CN1CCCCC(N)C1c1cccc(C(F)F)c1. The van der Waals surface area contributed by atoms with Crippen LogP contribution in [0.3, 0.4) is 0 Å². The number of likely N-dealkylation sites (tertiary alicyclic amines) is 1. The van der Waals surface area contributed by atoms with Crippen LogP contribution in [0.4, 0.5) is 8.78 Å². The van der Waals surface area contributed by atoms with Crippen molar-refractivity contribution in [2.45, 2.75) is 37.8 Å². The van der Waals surface area contributed by atoms with Crippen LogP contribution in [0.5, 0.6) is 0 Å². The Kier molecular flexibility index (Phi) is 4.30. The molecule has 2 rings (SSSR count). The van der Waals surface area contributed by atoms with Gasteiger partial charge in [0, 0.05) is 17.6 Å². The van der Waals surface area contributed by atoms with Crippen molar-refractivity contribution in [1.29, 1.82) is 0 Å². The molecule has 1 aromatic carbocycles. The lowest BCUT2D eigenvalue weighted by Crippen LogP contribution is -2.37. The topological polar surface area (TPSA) is 29.3 Å². The molecular formula is C14H20F2N2. The Bertz CT molecular complexity index is 383. The summed E-state index contributed by atoms with van der Waals surface area (Å²) in [6.45, 7) is 0.970. The van der Waals surface area contributed by atoms with Crippen LogP contribution >= 0.6 is 0 Å². The van der Waals surface area contributed by atoms with Crippen molar-refractivity contribution in [3.05, 3.63) is 35.4 Å². The second-order valence-corrected chi connectivity index (χ2v) is 5.06. The largest absolute Gasteiger partial charge is 0.326 e. The Hall–Kier alpha value is -1.00. The van der Waals surface area contributed by atoms with Crippen molar-refractivity contribution >= 4 is 0 Å². The van der Waals surface area contributed by atoms with Crippen LogP contribution in [0.25, 0.3) is 0 Å². The van der Waals surface area contributed by atoms with Gasteiger partial charge < -0.3 is 5.73 Å². The average Bonchev–Trinajstić information content (AvgIpc) is 2.51. The predicted octanol–water partition coefficient (Wildman–Crippen LogP) is 3.11. The molecule has 1 fully saturated rings. The van der Waals surface area contributed by atoms with Gasteiger partial charge in [-0.15, -0.1) is 0 Å². The number of benzene rings is 1. The molecule has 0 saturated carbocycles. The molecule has 0 aromatic heterocycles. The van der Waals surface area contributed by atoms with E-state index in [1.54, 1.807) is 12.1 Å². The molecule has 1 aliphatic heterocycles. The Morgan fingerprint density at radius 2 is 2.11 bits per heavy atom. The number of nitrogens with two attached hydrogens (primary N) is 1. The number of likely N-dealkylation sites (N-methyl/N-ethyl adjacent to an activating group) is 1. The van der Waals surface area contributed by atoms with Gasteiger partial charge >= 0.3 is 0 Å². The van der Waals surface area contributed by atoms with Crippen molar-refractivity contribution in [2.24, 2.45) is 5.73 Å². The van der Waals surface area contributed by atoms with Crippen LogP contribution in [0, 0.1) is 0 Å². The molecule has 4 heteroatoms. The molecule has 2 atom stereocenters. The molecule has 0 aliphatic carbocycles. The number of nitrogens with zero attached hydrogens (tertiary/aromatic N) is 1. The third-order valence-electron chi connectivity index (χ3n) is 3.68. The standard InChI is InChI=1S/C14H20F2N2/c1-18-8-3-2-7-12(17)13(18)10-5-4-6-11(9-10)14(15)16/h4-6,9,12-14H,2-3,7-8,17H2,1H3. The predicted molar refractivity (Wildman–Crippen MR) is 68.6 cm³/mol. The minimum absolute atomic E-state index is 0.0189. The summed E-state index contributed by atoms with van der Waals surface area (Å²) in [7, 11) is 2.02. The first-order valence-corrected chi connectivity index (χ1v) is 6.43. The minimum atomic E-state index is -2.42. The summed E-state index contributed by atoms with van der Waals surface area (Å²) in [5.74, 6) is 0. The van der Waals surface area contributed by atoms with Gasteiger partial charge in [0.1, 0.15) is 0 Å². The Labute approximate surface area is 107 Å². The van der Waals surface area contributed by atoms with Crippen LogP contribution in [0.2, 0.25) is 0 Å². The van der Waals surface area contributed by atoms with Crippen LogP contribution in [0.1, 0.15) is 42.9 Å². The molecule has 1 heterocycles. The molecule has 100 valence electrons. The molecule has 1 saturated heterocycles. The molecule has 2 nitrogen and oxygen atoms in total. The highest BCUT2D eigenvalue weighted by molar-refractivity contribution is 5.28.